The van der Waals surface area contributed by atoms with Crippen LogP contribution < -0.4 is 10.1 Å². The van der Waals surface area contributed by atoms with Crippen LogP contribution >= 0.6 is 0 Å². The van der Waals surface area contributed by atoms with E-state index in [1.165, 1.54) is 28.3 Å². The monoisotopic (exact) mass is 481 g/mol. The van der Waals surface area contributed by atoms with Crippen LogP contribution in [0.1, 0.15) is 39.7 Å². The molecule has 0 radical (unpaired) electrons. The summed E-state index contributed by atoms with van der Waals surface area (Å²) >= 11 is 0. The second kappa shape index (κ2) is 11.7. The first-order chi connectivity index (χ1) is 15.5. The Kier molecular flexibility index (Phi) is 9.55. The number of ether oxygens (including phenoxy) is 1. The van der Waals surface area contributed by atoms with Crippen molar-refractivity contribution in [3.63, 3.8) is 0 Å². The van der Waals surface area contributed by atoms with Crippen molar-refractivity contribution >= 4 is 16.1 Å². The van der Waals surface area contributed by atoms with Crippen LogP contribution in [0, 0.1) is 17.8 Å². The van der Waals surface area contributed by atoms with Crippen LogP contribution in [0.25, 0.3) is 0 Å². The van der Waals surface area contributed by atoms with Crippen LogP contribution in [-0.4, -0.2) is 85.4 Å². The number of rotatable bonds is 6. The third-order valence-corrected chi connectivity index (χ3v) is 7.44. The molecule has 9 nitrogen and oxygen atoms in total. The van der Waals surface area contributed by atoms with Crippen LogP contribution in [0.3, 0.4) is 0 Å². The lowest BCUT2D eigenvalue weighted by Crippen LogP contribution is -2.51. The highest BCUT2D eigenvalue weighted by molar-refractivity contribution is 7.89. The third kappa shape index (κ3) is 6.84. The van der Waals surface area contributed by atoms with E-state index in [1.807, 2.05) is 13.8 Å². The van der Waals surface area contributed by atoms with E-state index >= 15 is 0 Å². The molecule has 0 bridgehead atoms. The lowest BCUT2D eigenvalue weighted by molar-refractivity contribution is 0.0812. The Balaban J connectivity index is 2.51. The minimum Gasteiger partial charge on any atom is -0.487 e. The second-order valence-corrected chi connectivity index (χ2v) is 10.3. The minimum absolute atomic E-state index is 0.0274. The van der Waals surface area contributed by atoms with Gasteiger partial charge in [-0.15, -0.1) is 0 Å². The van der Waals surface area contributed by atoms with Crippen molar-refractivity contribution in [1.82, 2.24) is 14.5 Å². The predicted molar refractivity (Wildman–Crippen MR) is 125 cm³/mol. The van der Waals surface area contributed by atoms with Crippen LogP contribution in [0.5, 0.6) is 5.75 Å². The molecule has 0 fully saturated rings. The van der Waals surface area contributed by atoms with Gasteiger partial charge in [0, 0.05) is 37.7 Å². The third-order valence-electron chi connectivity index (χ3n) is 5.42. The van der Waals surface area contributed by atoms with E-state index in [0.29, 0.717) is 12.1 Å². The number of carbonyl (C=O) groups is 1. The zero-order chi connectivity index (χ0) is 24.8. The Morgan fingerprint density at radius 1 is 1.39 bits per heavy atom. The fourth-order valence-electron chi connectivity index (χ4n) is 3.43. The van der Waals surface area contributed by atoms with Crippen LogP contribution in [0.4, 0.5) is 4.79 Å². The van der Waals surface area contributed by atoms with Gasteiger partial charge in [0.25, 0.3) is 0 Å². The van der Waals surface area contributed by atoms with E-state index in [0.717, 1.165) is 6.42 Å². The number of likely N-dealkylation sites (N-methyl/N-ethyl adjacent to an activating group) is 1. The van der Waals surface area contributed by atoms with Crippen molar-refractivity contribution in [2.24, 2.45) is 5.92 Å². The Morgan fingerprint density at radius 2 is 2.09 bits per heavy atom. The summed E-state index contributed by atoms with van der Waals surface area (Å²) in [6.45, 7) is 7.59. The van der Waals surface area contributed by atoms with Crippen LogP contribution in [0.15, 0.2) is 23.1 Å². The molecule has 3 N–H and O–H groups in total. The van der Waals surface area contributed by atoms with Gasteiger partial charge in [-0.1, -0.05) is 25.7 Å². The van der Waals surface area contributed by atoms with E-state index in [2.05, 4.69) is 17.2 Å². The highest BCUT2D eigenvalue weighted by atomic mass is 32.2. The standard InChI is InChI=1S/C23H35N3O6S/c1-6-11-24-23(29)25(5)14-21-16(2)13-26(17(3)15-27)33(30,31)22-10-9-19(8-7-18(4)28)12-20(22)32-21/h9-10,12,16-18,21,27-28H,6,11,13-15H2,1-5H3,(H,24,29)/t16-,17-,18+,21+/m0/s1. The number of fused-ring (bicyclic) bond motifs is 1. The van der Waals surface area contributed by atoms with E-state index in [1.54, 1.807) is 20.0 Å². The summed E-state index contributed by atoms with van der Waals surface area (Å²) in [6, 6.07) is 3.65. The van der Waals surface area contributed by atoms with Gasteiger partial charge in [-0.2, -0.15) is 4.31 Å². The minimum atomic E-state index is -3.96. The molecule has 33 heavy (non-hydrogen) atoms. The number of aliphatic hydroxyl groups excluding tert-OH is 2. The molecule has 2 rings (SSSR count). The molecule has 0 saturated heterocycles. The molecule has 1 aliphatic heterocycles. The van der Waals surface area contributed by atoms with Gasteiger partial charge in [0.1, 0.15) is 22.9 Å². The molecule has 1 aromatic rings. The van der Waals surface area contributed by atoms with Gasteiger partial charge in [-0.05, 0) is 38.5 Å². The smallest absolute Gasteiger partial charge is 0.317 e. The van der Waals surface area contributed by atoms with Gasteiger partial charge in [0.2, 0.25) is 10.0 Å². The zero-order valence-electron chi connectivity index (χ0n) is 19.9. The van der Waals surface area contributed by atoms with Crippen molar-refractivity contribution in [2.45, 2.75) is 57.3 Å². The number of hydrogen-bond acceptors (Lipinski definition) is 6. The van der Waals surface area contributed by atoms with Gasteiger partial charge in [-0.3, -0.25) is 0 Å². The van der Waals surface area contributed by atoms with Crippen molar-refractivity contribution < 1.29 is 28.2 Å². The van der Waals surface area contributed by atoms with Gasteiger partial charge >= 0.3 is 6.03 Å². The molecule has 184 valence electrons. The number of aliphatic hydroxyl groups is 2. The highest BCUT2D eigenvalue weighted by Crippen LogP contribution is 2.34. The number of sulfonamides is 1. The largest absolute Gasteiger partial charge is 0.487 e. The topological polar surface area (TPSA) is 119 Å². The van der Waals surface area contributed by atoms with Crippen molar-refractivity contribution in [3.8, 4) is 17.6 Å². The number of amides is 2. The maximum atomic E-state index is 13.4. The molecule has 0 aromatic heterocycles. The number of urea groups is 1. The fourth-order valence-corrected chi connectivity index (χ4v) is 5.25. The van der Waals surface area contributed by atoms with Crippen molar-refractivity contribution in [1.29, 1.82) is 0 Å². The van der Waals surface area contributed by atoms with E-state index in [4.69, 9.17) is 4.74 Å². The Bertz CT molecular complexity index is 986. The van der Waals surface area contributed by atoms with Crippen molar-refractivity contribution in [3.05, 3.63) is 23.8 Å². The second-order valence-electron chi connectivity index (χ2n) is 8.46. The molecule has 1 aliphatic rings. The van der Waals surface area contributed by atoms with Gasteiger partial charge in [0.05, 0.1) is 13.2 Å². The Labute approximate surface area is 196 Å². The van der Waals surface area contributed by atoms with E-state index < -0.39 is 28.3 Å². The molecule has 1 aromatic carbocycles. The van der Waals surface area contributed by atoms with Gasteiger partial charge < -0.3 is 25.2 Å². The molecular weight excluding hydrogens is 446 g/mol. The Morgan fingerprint density at radius 3 is 2.70 bits per heavy atom. The SMILES string of the molecule is CCCNC(=O)N(C)C[C@H]1Oc2cc(C#C[C@@H](C)O)ccc2S(=O)(=O)N([C@@H](C)CO)C[C@@H]1C. The van der Waals surface area contributed by atoms with Gasteiger partial charge in [0.15, 0.2) is 0 Å². The number of benzene rings is 1. The summed E-state index contributed by atoms with van der Waals surface area (Å²) in [5, 5.41) is 22.0. The molecule has 0 saturated carbocycles. The molecule has 0 unspecified atom stereocenters. The Hall–Kier alpha value is -2.32. The first-order valence-electron chi connectivity index (χ1n) is 11.1. The molecule has 10 heteroatoms. The molecule has 1 heterocycles. The molecule has 0 aliphatic carbocycles. The number of nitrogens with one attached hydrogen (secondary N) is 1. The molecule has 2 amide bonds. The van der Waals surface area contributed by atoms with E-state index in [-0.39, 0.29) is 42.3 Å². The molecule has 4 atom stereocenters. The highest BCUT2D eigenvalue weighted by Gasteiger charge is 2.38. The lowest BCUT2D eigenvalue weighted by Gasteiger charge is -2.37. The maximum absolute atomic E-state index is 13.4. The predicted octanol–water partition coefficient (Wildman–Crippen LogP) is 1.24. The summed E-state index contributed by atoms with van der Waals surface area (Å²) in [5.74, 6) is 5.29. The van der Waals surface area contributed by atoms with Gasteiger partial charge in [-0.25, -0.2) is 13.2 Å². The summed E-state index contributed by atoms with van der Waals surface area (Å²) in [5.41, 5.74) is 0.493. The van der Waals surface area contributed by atoms with Crippen LogP contribution in [0.2, 0.25) is 0 Å². The average Bonchev–Trinajstić information content (AvgIpc) is 2.77. The lowest BCUT2D eigenvalue weighted by atomic mass is 10.0. The quantitative estimate of drug-likeness (QED) is 0.526. The van der Waals surface area contributed by atoms with Crippen molar-refractivity contribution in [2.75, 3.05) is 33.3 Å². The number of nitrogens with zero attached hydrogens (tertiary/aromatic N) is 2. The summed E-state index contributed by atoms with van der Waals surface area (Å²) in [6.07, 6.45) is -0.531. The first kappa shape index (κ1) is 26.9. The molecule has 0 spiro atoms. The number of hydrogen-bond donors (Lipinski definition) is 3. The average molecular weight is 482 g/mol. The maximum Gasteiger partial charge on any atom is 0.317 e. The normalized spacial score (nSPS) is 21.8. The summed E-state index contributed by atoms with van der Waals surface area (Å²) in [7, 11) is -2.29. The van der Waals surface area contributed by atoms with Crippen LogP contribution in [-0.2, 0) is 10.0 Å². The fraction of sp³-hybridized carbons (Fsp3) is 0.609. The summed E-state index contributed by atoms with van der Waals surface area (Å²) < 4.78 is 34.4. The number of carbonyl (C=O) groups excluding carboxylic acids is 1. The first-order valence-corrected chi connectivity index (χ1v) is 12.6. The summed E-state index contributed by atoms with van der Waals surface area (Å²) in [4.78, 5) is 13.9. The van der Waals surface area contributed by atoms with E-state index in [9.17, 15) is 23.4 Å². The zero-order valence-corrected chi connectivity index (χ0v) is 20.7. The molecular formula is C23H35N3O6S.